The Morgan fingerprint density at radius 2 is 1.00 bits per heavy atom. The molecule has 2 aromatic rings. The van der Waals surface area contributed by atoms with E-state index in [9.17, 15) is 4.79 Å². The van der Waals surface area contributed by atoms with Crippen LogP contribution in [-0.4, -0.2) is 132 Å². The number of carbonyl (C=O) groups excluding carboxylic acids is 1. The van der Waals surface area contributed by atoms with Gasteiger partial charge in [-0.25, -0.2) is 24.7 Å². The van der Waals surface area contributed by atoms with E-state index in [0.717, 1.165) is 150 Å². The average Bonchev–Trinajstić information content (AvgIpc) is 1.49. The van der Waals surface area contributed by atoms with Crippen molar-refractivity contribution < 1.29 is 23.7 Å². The first kappa shape index (κ1) is 64.9. The third-order valence-corrected chi connectivity index (χ3v) is 28.6. The molecule has 8 heterocycles. The number of carbonyl (C=O) groups is 1. The maximum atomic E-state index is 13.3. The Labute approximate surface area is 552 Å². The summed E-state index contributed by atoms with van der Waals surface area (Å²) in [5.74, 6) is 11.5. The van der Waals surface area contributed by atoms with Crippen LogP contribution in [-0.2, 0) is 18.9 Å². The Hall–Kier alpha value is -1.75. The van der Waals surface area contributed by atoms with Crippen LogP contribution in [0, 0.1) is 105 Å². The molecule has 88 heavy (non-hydrogen) atoms. The van der Waals surface area contributed by atoms with Crippen molar-refractivity contribution >= 4 is 55.2 Å². The van der Waals surface area contributed by atoms with Gasteiger partial charge in [0, 0.05) is 151 Å². The number of hydrogen-bond donors (Lipinski definition) is 3. The molecule has 15 nitrogen and oxygen atoms in total. The second-order valence-corrected chi connectivity index (χ2v) is 32.6. The van der Waals surface area contributed by atoms with Crippen molar-refractivity contribution in [3.05, 3.63) is 36.9 Å². The average molecular weight is 1440 g/mol. The molecule has 14 aliphatic rings. The molecule has 4 N–H and O–H groups in total. The molecular weight excluding hydrogens is 1330 g/mol. The minimum atomic E-state index is -0.316. The van der Waals surface area contributed by atoms with E-state index in [1.807, 2.05) is 17.0 Å². The maximum Gasteiger partial charge on any atom is 0.317 e. The summed E-state index contributed by atoms with van der Waals surface area (Å²) in [6.45, 7) is 29.0. The smallest absolute Gasteiger partial charge is 0.317 e. The van der Waals surface area contributed by atoms with Crippen LogP contribution in [0.4, 0.5) is 16.7 Å². The van der Waals surface area contributed by atoms with Gasteiger partial charge in [-0.05, 0) is 220 Å². The largest absolute Gasteiger partial charge is 0.349 e. The predicted octanol–water partition coefficient (Wildman–Crippen LogP) is 13.5. The normalized spacial score (nSPS) is 48.0. The van der Waals surface area contributed by atoms with Gasteiger partial charge in [0.1, 0.15) is 0 Å². The summed E-state index contributed by atoms with van der Waals surface area (Å²) in [6.07, 6.45) is 33.7. The molecule has 24 atom stereocenters. The molecule has 0 aromatic carbocycles. The van der Waals surface area contributed by atoms with Crippen LogP contribution in [0.2, 0.25) is 0 Å². The van der Waals surface area contributed by atoms with E-state index in [1.165, 1.54) is 103 Å². The summed E-state index contributed by atoms with van der Waals surface area (Å²) in [5, 5.41) is 6.77. The van der Waals surface area contributed by atoms with Crippen LogP contribution in [0.1, 0.15) is 184 Å². The predicted molar refractivity (Wildman–Crippen MR) is 365 cm³/mol. The van der Waals surface area contributed by atoms with Gasteiger partial charge >= 0.3 is 6.03 Å². The van der Waals surface area contributed by atoms with E-state index in [1.54, 1.807) is 24.8 Å². The lowest BCUT2D eigenvalue weighted by Gasteiger charge is -2.61. The fourth-order valence-corrected chi connectivity index (χ4v) is 23.9. The van der Waals surface area contributed by atoms with Crippen LogP contribution < -0.4 is 26.2 Å². The van der Waals surface area contributed by atoms with Crippen LogP contribution in [0.5, 0.6) is 0 Å². The van der Waals surface area contributed by atoms with Crippen molar-refractivity contribution in [3.8, 4) is 0 Å². The van der Waals surface area contributed by atoms with Crippen molar-refractivity contribution in [3.63, 3.8) is 0 Å². The lowest BCUT2D eigenvalue weighted by atomic mass is 9.44. The summed E-state index contributed by atoms with van der Waals surface area (Å²) in [7, 11) is 0. The Morgan fingerprint density at radius 1 is 0.545 bits per heavy atom. The quantitative estimate of drug-likeness (QED) is 0.249. The zero-order valence-electron chi connectivity index (χ0n) is 55.1. The first-order chi connectivity index (χ1) is 42.4. The Balaban J connectivity index is 0.000000139. The zero-order chi connectivity index (χ0) is 61.4. The Morgan fingerprint density at radius 3 is 1.48 bits per heavy atom. The topological polar surface area (TPSA) is 165 Å². The Bertz CT molecular complexity index is 2660. The molecule has 2 amide bonds. The number of halogens is 2. The molecule has 8 saturated carbocycles. The molecule has 0 bridgehead atoms. The van der Waals surface area contributed by atoms with Crippen molar-refractivity contribution in [1.29, 1.82) is 0 Å². The molecular formula is C71H112I2N10O5. The third-order valence-electron chi connectivity index (χ3n) is 28.6. The number of ether oxygens (including phenoxy) is 4. The number of nitrogens with zero attached hydrogens (tertiary/aromatic N) is 7. The van der Waals surface area contributed by atoms with Crippen molar-refractivity contribution in [1.82, 2.24) is 35.5 Å². The molecule has 17 heteroatoms. The van der Waals surface area contributed by atoms with Crippen molar-refractivity contribution in [2.45, 2.75) is 220 Å². The van der Waals surface area contributed by atoms with E-state index in [2.05, 4.69) is 133 Å². The van der Waals surface area contributed by atoms with Crippen LogP contribution in [0.15, 0.2) is 36.9 Å². The minimum Gasteiger partial charge on any atom is -0.349 e. The van der Waals surface area contributed by atoms with Gasteiger partial charge in [-0.3, -0.25) is 0 Å². The number of hydrogen-bond acceptors (Lipinski definition) is 13. The fourth-order valence-electron chi connectivity index (χ4n) is 23.9. The second-order valence-electron chi connectivity index (χ2n) is 32.6. The molecule has 0 unspecified atom stereocenters. The number of anilines is 2. The van der Waals surface area contributed by atoms with E-state index in [-0.39, 0.29) is 17.6 Å². The number of amides is 2. The zero-order valence-corrected chi connectivity index (χ0v) is 59.4. The van der Waals surface area contributed by atoms with Crippen LogP contribution in [0.25, 0.3) is 0 Å². The number of fused-ring (bicyclic) bond motifs is 14. The third kappa shape index (κ3) is 11.6. The molecule has 2 aromatic heterocycles. The van der Waals surface area contributed by atoms with Gasteiger partial charge in [0.15, 0.2) is 11.6 Å². The van der Waals surface area contributed by atoms with Gasteiger partial charge in [-0.2, -0.15) is 0 Å². The highest BCUT2D eigenvalue weighted by Crippen LogP contribution is 2.73. The summed E-state index contributed by atoms with van der Waals surface area (Å²) in [4.78, 5) is 36.8. The lowest BCUT2D eigenvalue weighted by molar-refractivity contribution is -0.273. The summed E-state index contributed by atoms with van der Waals surface area (Å²) < 4.78 is 26.9. The highest BCUT2D eigenvalue weighted by atomic mass is 128. The van der Waals surface area contributed by atoms with Crippen LogP contribution in [0.3, 0.4) is 0 Å². The van der Waals surface area contributed by atoms with Gasteiger partial charge < -0.3 is 50.0 Å². The fraction of sp³-hybridized carbons (Fsp3) is 0.873. The van der Waals surface area contributed by atoms with Gasteiger partial charge in [-0.1, -0.05) is 55.4 Å². The number of piperazine rings is 2. The first-order valence-electron chi connectivity index (χ1n) is 35.8. The standard InChI is InChI=1S/C36H55N5O3.C27H45NO2.C8H12N4.I2/c1-23-8-13-36(43-22-23)24(2)31-30(44-36)21-29-27-7-6-25-20-26(9-11-34(25,3)28(27)10-12-35(29,31)4)39-33(42)41-18-16-40(17-19-41)32-37-14-5-15-38-32;1-16-7-12-27(29-15-16)17(2)24-23(30-27)14-22-20-6-5-18-13-19(28)8-10-25(18,3)21(20)9-11-26(22,24)4;1-2-10-8(11-3-1)12-6-4-9-5-7-12;1-2/h5,14-15,23-31H,6-13,16-22H2,1-4H3,(H,39,42);16-24H,5-15,28H2,1-4H3;1-3,9H,4-7H2;/t23-,24-,25+,26+,27+,28-,29-,30-,31-,34-,35-,36+;16-,17-,18+,19+,20+,21-,22-,23-,24-,25-,26-,27+;;/m00../s1. The van der Waals surface area contributed by atoms with Gasteiger partial charge in [0.05, 0.1) is 25.4 Å². The van der Waals surface area contributed by atoms with Gasteiger partial charge in [0.2, 0.25) is 11.9 Å². The van der Waals surface area contributed by atoms with Crippen LogP contribution >= 0.6 is 37.2 Å². The first-order valence-corrected chi connectivity index (χ1v) is 42.1. The summed E-state index contributed by atoms with van der Waals surface area (Å²) >= 11 is 4.24. The molecule has 6 aliphatic heterocycles. The van der Waals surface area contributed by atoms with E-state index < -0.39 is 0 Å². The Kier molecular flexibility index (Phi) is 19.3. The number of rotatable bonds is 3. The van der Waals surface area contributed by atoms with Gasteiger partial charge in [0.25, 0.3) is 0 Å². The summed E-state index contributed by atoms with van der Waals surface area (Å²) in [6, 6.07) is 4.57. The highest BCUT2D eigenvalue weighted by molar-refractivity contribution is 15.0. The molecule has 16 rings (SSSR count). The van der Waals surface area contributed by atoms with E-state index >= 15 is 0 Å². The molecule has 2 spiro atoms. The van der Waals surface area contributed by atoms with Gasteiger partial charge in [-0.15, -0.1) is 0 Å². The molecule has 0 radical (unpaired) electrons. The molecule has 490 valence electrons. The highest BCUT2D eigenvalue weighted by Gasteiger charge is 2.71. The number of nitrogens with one attached hydrogen (secondary N) is 2. The monoisotopic (exact) mass is 1440 g/mol. The minimum absolute atomic E-state index is 0.121. The van der Waals surface area contributed by atoms with E-state index in [4.69, 9.17) is 24.7 Å². The SMILES string of the molecule is C[C@H]1CC[C@@]2(OC1)O[C@H]1C[C@H]3[C@@H]4CC[C@@H]5C[C@H](N)CC[C@]5(C)[C@H]4CC[C@]3(C)[C@H]1[C@@H]2C.C[C@H]1CC[C@@]2(OC1)O[C@H]1C[C@H]3[C@@H]4CC[C@@H]5C[C@H](NC(=O)N6CCN(c7ncccn7)CC6)CC[C@]5(C)[C@H]4CC[C@]3(C)[C@H]1[C@@H]2C.II.c1cnc(N2CCNCC2)nc1. The summed E-state index contributed by atoms with van der Waals surface area (Å²) in [5.41, 5.74) is 8.19. The molecule has 14 fully saturated rings. The second kappa shape index (κ2) is 26.1. The molecule has 8 aliphatic carbocycles. The number of aromatic nitrogens is 4. The molecule has 6 saturated heterocycles. The maximum absolute atomic E-state index is 13.3. The van der Waals surface area contributed by atoms with Crippen molar-refractivity contribution in [2.24, 2.45) is 110 Å². The number of nitrogens with two attached hydrogens (primary N) is 1. The van der Waals surface area contributed by atoms with Crippen molar-refractivity contribution in [2.75, 3.05) is 75.4 Å². The number of urea groups is 1. The van der Waals surface area contributed by atoms with E-state index in [0.29, 0.717) is 81.5 Å². The lowest BCUT2D eigenvalue weighted by Crippen LogP contribution is -2.58.